The van der Waals surface area contributed by atoms with Gasteiger partial charge in [0.15, 0.2) is 11.5 Å². The molecule has 0 radical (unpaired) electrons. The molecule has 0 saturated heterocycles. The second-order valence-corrected chi connectivity index (χ2v) is 9.32. The zero-order chi connectivity index (χ0) is 23.2. The minimum Gasteiger partial charge on any atom is -0.454 e. The summed E-state index contributed by atoms with van der Waals surface area (Å²) in [6.07, 6.45) is -0.0721. The van der Waals surface area contributed by atoms with Gasteiger partial charge in [0.1, 0.15) is 6.10 Å². The highest BCUT2D eigenvalue weighted by Crippen LogP contribution is 2.33. The minimum absolute atomic E-state index is 0.128. The summed E-state index contributed by atoms with van der Waals surface area (Å²) >= 11 is 6.40. The lowest BCUT2D eigenvalue weighted by Crippen LogP contribution is -2.39. The number of oxime groups is 1. The van der Waals surface area contributed by atoms with Crippen LogP contribution in [0, 0.1) is 5.92 Å². The van der Waals surface area contributed by atoms with Gasteiger partial charge in [-0.3, -0.25) is 4.90 Å². The molecule has 0 unspecified atom stereocenters. The van der Waals surface area contributed by atoms with Crippen molar-refractivity contribution in [3.05, 3.63) is 58.6 Å². The molecule has 1 N–H and O–H groups in total. The molecule has 0 amide bonds. The van der Waals surface area contributed by atoms with Gasteiger partial charge in [-0.1, -0.05) is 48.8 Å². The zero-order valence-corrected chi connectivity index (χ0v) is 19.8. The van der Waals surface area contributed by atoms with Crippen molar-refractivity contribution in [3.63, 3.8) is 0 Å². The van der Waals surface area contributed by atoms with Crippen LogP contribution in [0.25, 0.3) is 0 Å². The molecule has 0 bridgehead atoms. The highest BCUT2D eigenvalue weighted by Gasteiger charge is 2.27. The molecule has 2 aliphatic heterocycles. The topological polar surface area (TPSA) is 72.8 Å². The first kappa shape index (κ1) is 23.8. The number of aliphatic hydroxyl groups excluding tert-OH is 1. The van der Waals surface area contributed by atoms with E-state index < -0.39 is 6.10 Å². The van der Waals surface area contributed by atoms with Gasteiger partial charge in [-0.05, 0) is 35.7 Å². The van der Waals surface area contributed by atoms with Gasteiger partial charge in [-0.15, -0.1) is 0 Å². The van der Waals surface area contributed by atoms with Crippen LogP contribution in [-0.4, -0.2) is 61.0 Å². The zero-order valence-electron chi connectivity index (χ0n) is 19.1. The van der Waals surface area contributed by atoms with E-state index in [9.17, 15) is 5.11 Å². The molecule has 33 heavy (non-hydrogen) atoms. The molecule has 0 saturated carbocycles. The van der Waals surface area contributed by atoms with E-state index in [4.69, 9.17) is 30.6 Å². The third-order valence-corrected chi connectivity index (χ3v) is 5.85. The molecule has 8 heteroatoms. The molecule has 4 rings (SSSR count). The van der Waals surface area contributed by atoms with Crippen molar-refractivity contribution >= 4 is 17.3 Å². The van der Waals surface area contributed by atoms with Gasteiger partial charge in [-0.25, -0.2) is 0 Å². The van der Waals surface area contributed by atoms with Gasteiger partial charge in [0.2, 0.25) is 6.79 Å². The summed E-state index contributed by atoms with van der Waals surface area (Å²) in [5.74, 6) is 1.90. The number of aliphatic hydroxyl groups is 1. The number of hydrogen-bond donors (Lipinski definition) is 1. The third kappa shape index (κ3) is 6.60. The number of fused-ring (bicyclic) bond motifs is 1. The number of nitrogens with zero attached hydrogens (tertiary/aromatic N) is 2. The Bertz CT molecular complexity index is 968. The van der Waals surface area contributed by atoms with E-state index in [0.717, 1.165) is 28.3 Å². The average molecular weight is 475 g/mol. The molecule has 2 atom stereocenters. The summed E-state index contributed by atoms with van der Waals surface area (Å²) in [5, 5.41) is 15.6. The van der Waals surface area contributed by atoms with E-state index in [1.54, 1.807) is 0 Å². The van der Waals surface area contributed by atoms with E-state index >= 15 is 0 Å². The fourth-order valence-electron chi connectivity index (χ4n) is 3.92. The normalized spacial score (nSPS) is 18.0. The van der Waals surface area contributed by atoms with Crippen LogP contribution in [0.1, 0.15) is 31.4 Å². The lowest BCUT2D eigenvalue weighted by Gasteiger charge is -2.27. The Balaban J connectivity index is 1.37. The summed E-state index contributed by atoms with van der Waals surface area (Å²) in [6.45, 7) is 6.98. The van der Waals surface area contributed by atoms with E-state index in [-0.39, 0.29) is 12.9 Å². The van der Waals surface area contributed by atoms with Crippen LogP contribution >= 0.6 is 11.6 Å². The predicted octanol–water partition coefficient (Wildman–Crippen LogP) is 4.10. The molecule has 2 aliphatic rings. The highest BCUT2D eigenvalue weighted by atomic mass is 35.5. The molecule has 0 aromatic heterocycles. The van der Waals surface area contributed by atoms with Crippen molar-refractivity contribution in [2.45, 2.75) is 39.0 Å². The smallest absolute Gasteiger partial charge is 0.231 e. The Morgan fingerprint density at radius 1 is 1.15 bits per heavy atom. The monoisotopic (exact) mass is 474 g/mol. The number of benzene rings is 2. The van der Waals surface area contributed by atoms with Gasteiger partial charge in [0.25, 0.3) is 0 Å². The number of ether oxygens (including phenoxy) is 3. The van der Waals surface area contributed by atoms with Crippen molar-refractivity contribution in [2.24, 2.45) is 11.1 Å². The lowest BCUT2D eigenvalue weighted by atomic mass is 10.0. The van der Waals surface area contributed by atoms with E-state index in [1.807, 2.05) is 42.5 Å². The van der Waals surface area contributed by atoms with Crippen LogP contribution in [0.3, 0.4) is 0 Å². The van der Waals surface area contributed by atoms with Crippen molar-refractivity contribution in [3.8, 4) is 11.5 Å². The third-order valence-electron chi connectivity index (χ3n) is 5.48. The van der Waals surface area contributed by atoms with Crippen LogP contribution in [0.15, 0.2) is 47.6 Å². The maximum atomic E-state index is 10.6. The molecule has 7 nitrogen and oxygen atoms in total. The second kappa shape index (κ2) is 11.2. The standard InChI is InChI=1S/C25H31ClN2O5/c1-17(2)14-30-15-20(29)12-28(11-19-5-3-4-6-22(19)26)13-21-10-23(27-33-21)18-7-8-24-25(9-18)32-16-31-24/h3-9,17,20-21,29H,10-16H2,1-2H3/t20-,21-/m1/s1. The molecule has 178 valence electrons. The molecule has 2 aromatic rings. The predicted molar refractivity (Wildman–Crippen MR) is 127 cm³/mol. The Labute approximate surface area is 199 Å². The summed E-state index contributed by atoms with van der Waals surface area (Å²) in [6, 6.07) is 13.6. The van der Waals surface area contributed by atoms with Gasteiger partial charge in [0, 0.05) is 43.2 Å². The van der Waals surface area contributed by atoms with Gasteiger partial charge in [-0.2, -0.15) is 0 Å². The highest BCUT2D eigenvalue weighted by molar-refractivity contribution is 6.31. The van der Waals surface area contributed by atoms with Crippen molar-refractivity contribution in [1.82, 2.24) is 4.90 Å². The molecule has 2 aromatic carbocycles. The maximum Gasteiger partial charge on any atom is 0.231 e. The second-order valence-electron chi connectivity index (χ2n) is 8.91. The fourth-order valence-corrected chi connectivity index (χ4v) is 4.12. The Kier molecular flexibility index (Phi) is 8.09. The summed E-state index contributed by atoms with van der Waals surface area (Å²) < 4.78 is 16.5. The number of rotatable bonds is 11. The molecular formula is C25H31ClN2O5. The molecule has 0 aliphatic carbocycles. The van der Waals surface area contributed by atoms with Crippen molar-refractivity contribution in [1.29, 1.82) is 0 Å². The van der Waals surface area contributed by atoms with Gasteiger partial charge >= 0.3 is 0 Å². The van der Waals surface area contributed by atoms with Crippen LogP contribution in [0.4, 0.5) is 0 Å². The van der Waals surface area contributed by atoms with Crippen LogP contribution < -0.4 is 9.47 Å². The first-order valence-electron chi connectivity index (χ1n) is 11.3. The summed E-state index contributed by atoms with van der Waals surface area (Å²) in [7, 11) is 0. The molecule has 0 spiro atoms. The van der Waals surface area contributed by atoms with Crippen molar-refractivity contribution < 1.29 is 24.2 Å². The maximum absolute atomic E-state index is 10.6. The van der Waals surface area contributed by atoms with E-state index in [1.165, 1.54) is 0 Å². The Hall–Kier alpha value is -2.32. The Morgan fingerprint density at radius 3 is 2.79 bits per heavy atom. The first-order valence-corrected chi connectivity index (χ1v) is 11.7. The fraction of sp³-hybridized carbons (Fsp3) is 0.480. The average Bonchev–Trinajstić information content (AvgIpc) is 3.44. The van der Waals surface area contributed by atoms with E-state index in [2.05, 4.69) is 23.9 Å². The quantitative estimate of drug-likeness (QED) is 0.528. The van der Waals surface area contributed by atoms with Gasteiger partial charge < -0.3 is 24.2 Å². The first-order chi connectivity index (χ1) is 16.0. The summed E-state index contributed by atoms with van der Waals surface area (Å²) in [4.78, 5) is 7.91. The number of hydrogen-bond acceptors (Lipinski definition) is 7. The van der Waals surface area contributed by atoms with Crippen LogP contribution in [0.2, 0.25) is 5.02 Å². The van der Waals surface area contributed by atoms with Crippen LogP contribution in [0.5, 0.6) is 11.5 Å². The molecular weight excluding hydrogens is 444 g/mol. The molecule has 2 heterocycles. The van der Waals surface area contributed by atoms with Crippen LogP contribution in [-0.2, 0) is 16.1 Å². The minimum atomic E-state index is -0.609. The SMILES string of the molecule is CC(C)COC[C@H](O)CN(Cc1ccccc1Cl)C[C@H]1CC(c2ccc3c(c2)OCO3)=NO1. The van der Waals surface area contributed by atoms with E-state index in [0.29, 0.717) is 50.2 Å². The largest absolute Gasteiger partial charge is 0.454 e. The Morgan fingerprint density at radius 2 is 1.97 bits per heavy atom. The number of halogens is 1. The van der Waals surface area contributed by atoms with Gasteiger partial charge in [0.05, 0.1) is 18.4 Å². The molecule has 0 fully saturated rings. The summed E-state index contributed by atoms with van der Waals surface area (Å²) in [5.41, 5.74) is 2.84. The van der Waals surface area contributed by atoms with Crippen molar-refractivity contribution in [2.75, 3.05) is 33.1 Å². The lowest BCUT2D eigenvalue weighted by molar-refractivity contribution is -0.00734.